The molecule has 4 nitrogen and oxygen atoms in total. The van der Waals surface area contributed by atoms with Gasteiger partial charge in [-0.25, -0.2) is 8.78 Å². The molecule has 2 amide bonds. The minimum absolute atomic E-state index is 0.0753. The number of nitrogens with one attached hydrogen (secondary N) is 1. The smallest absolute Gasteiger partial charge is 0.246 e. The minimum Gasteiger partial charge on any atom is -0.343 e. The molecule has 2 atom stereocenters. The molecule has 0 spiro atoms. The van der Waals surface area contributed by atoms with E-state index in [9.17, 15) is 18.4 Å². The summed E-state index contributed by atoms with van der Waals surface area (Å²) in [5, 5.41) is 2.66. The number of benzene rings is 1. The Morgan fingerprint density at radius 1 is 1.19 bits per heavy atom. The Kier molecular flexibility index (Phi) is 4.55. The lowest BCUT2D eigenvalue weighted by Gasteiger charge is -2.38. The largest absolute Gasteiger partial charge is 0.343 e. The lowest BCUT2D eigenvalue weighted by Crippen LogP contribution is -2.62. The Balaban J connectivity index is 2.31. The van der Waals surface area contributed by atoms with Crippen LogP contribution in [0.4, 0.5) is 8.78 Å². The second-order valence-electron chi connectivity index (χ2n) is 5.10. The summed E-state index contributed by atoms with van der Waals surface area (Å²) >= 11 is 0. The van der Waals surface area contributed by atoms with E-state index in [4.69, 9.17) is 0 Å². The molecular formula is C15H18F2N2O2. The molecule has 1 aromatic carbocycles. The van der Waals surface area contributed by atoms with Crippen LogP contribution in [0.1, 0.15) is 32.3 Å². The van der Waals surface area contributed by atoms with Crippen LogP contribution in [0.3, 0.4) is 0 Å². The molecule has 6 heteroatoms. The zero-order valence-electron chi connectivity index (χ0n) is 12.0. The molecule has 1 saturated heterocycles. The van der Waals surface area contributed by atoms with Gasteiger partial charge in [0.05, 0.1) is 0 Å². The van der Waals surface area contributed by atoms with E-state index in [1.54, 1.807) is 13.8 Å². The molecule has 1 aliphatic rings. The molecular weight excluding hydrogens is 278 g/mol. The van der Waals surface area contributed by atoms with Crippen molar-refractivity contribution in [2.75, 3.05) is 0 Å². The molecule has 1 heterocycles. The van der Waals surface area contributed by atoms with E-state index in [1.165, 1.54) is 4.90 Å². The van der Waals surface area contributed by atoms with Gasteiger partial charge in [0.25, 0.3) is 0 Å². The van der Waals surface area contributed by atoms with Gasteiger partial charge in [-0.3, -0.25) is 9.59 Å². The normalized spacial score (nSPS) is 22.4. The summed E-state index contributed by atoms with van der Waals surface area (Å²) in [6.07, 6.45) is 0.883. The van der Waals surface area contributed by atoms with Gasteiger partial charge in [-0.2, -0.15) is 0 Å². The van der Waals surface area contributed by atoms with Crippen molar-refractivity contribution in [3.05, 3.63) is 35.4 Å². The highest BCUT2D eigenvalue weighted by atomic mass is 19.1. The third-order valence-electron chi connectivity index (χ3n) is 3.72. The van der Waals surface area contributed by atoms with Crippen LogP contribution in [0.5, 0.6) is 0 Å². The van der Waals surface area contributed by atoms with E-state index < -0.39 is 23.7 Å². The van der Waals surface area contributed by atoms with Crippen LogP contribution in [0, 0.1) is 11.6 Å². The maximum Gasteiger partial charge on any atom is 0.246 e. The molecule has 114 valence electrons. The quantitative estimate of drug-likeness (QED) is 0.923. The average molecular weight is 296 g/mol. The zero-order chi connectivity index (χ0) is 15.6. The number of hydrogen-bond acceptors (Lipinski definition) is 2. The van der Waals surface area contributed by atoms with Gasteiger partial charge in [0.1, 0.15) is 23.7 Å². The summed E-state index contributed by atoms with van der Waals surface area (Å²) in [7, 11) is 0. The van der Waals surface area contributed by atoms with Gasteiger partial charge in [0, 0.05) is 12.1 Å². The zero-order valence-corrected chi connectivity index (χ0v) is 12.0. The minimum atomic E-state index is -0.650. The van der Waals surface area contributed by atoms with Crippen LogP contribution in [0.15, 0.2) is 18.2 Å². The summed E-state index contributed by atoms with van der Waals surface area (Å²) in [5.41, 5.74) is 0.0753. The molecule has 1 aromatic rings. The molecule has 1 fully saturated rings. The van der Waals surface area contributed by atoms with Gasteiger partial charge >= 0.3 is 0 Å². The van der Waals surface area contributed by atoms with Crippen molar-refractivity contribution in [2.24, 2.45) is 0 Å². The summed E-state index contributed by atoms with van der Waals surface area (Å²) in [6.45, 7) is 3.46. The van der Waals surface area contributed by atoms with E-state index in [1.807, 2.05) is 0 Å². The maximum atomic E-state index is 13.8. The average Bonchev–Trinajstić information content (AvgIpc) is 2.46. The number of halogens is 2. The lowest BCUT2D eigenvalue weighted by atomic mass is 10.0. The van der Waals surface area contributed by atoms with E-state index >= 15 is 0 Å². The lowest BCUT2D eigenvalue weighted by molar-refractivity contribution is -0.150. The summed E-state index contributed by atoms with van der Waals surface area (Å²) in [6, 6.07) is 1.86. The van der Waals surface area contributed by atoms with Gasteiger partial charge in [-0.1, -0.05) is 13.8 Å². The Bertz CT molecular complexity index is 563. The first-order valence-electron chi connectivity index (χ1n) is 7.02. The first-order valence-corrected chi connectivity index (χ1v) is 7.02. The molecule has 2 rings (SSSR count). The van der Waals surface area contributed by atoms with Crippen molar-refractivity contribution in [3.63, 3.8) is 0 Å². The van der Waals surface area contributed by atoms with Gasteiger partial charge in [0.2, 0.25) is 11.8 Å². The topological polar surface area (TPSA) is 49.4 Å². The van der Waals surface area contributed by atoms with Crippen molar-refractivity contribution in [3.8, 4) is 0 Å². The molecule has 21 heavy (non-hydrogen) atoms. The highest BCUT2D eigenvalue weighted by molar-refractivity contribution is 5.96. The summed E-state index contributed by atoms with van der Waals surface area (Å²) in [5.74, 6) is -1.66. The number of nitrogens with zero attached hydrogens (tertiary/aromatic N) is 1. The molecule has 0 saturated carbocycles. The molecule has 0 bridgehead atoms. The van der Waals surface area contributed by atoms with E-state index in [0.717, 1.165) is 18.2 Å². The number of piperazine rings is 1. The first kappa shape index (κ1) is 15.4. The first-order chi connectivity index (χ1) is 9.97. The van der Waals surface area contributed by atoms with Crippen LogP contribution in [0.25, 0.3) is 0 Å². The molecule has 0 radical (unpaired) electrons. The Morgan fingerprint density at radius 3 is 2.52 bits per heavy atom. The SMILES string of the molecule is CCC1NC(=O)C(CC)N(Cc2cc(F)ccc2F)C1=O. The molecule has 1 N–H and O–H groups in total. The maximum absolute atomic E-state index is 13.8. The van der Waals surface area contributed by atoms with Crippen molar-refractivity contribution >= 4 is 11.8 Å². The third-order valence-corrected chi connectivity index (χ3v) is 3.72. The van der Waals surface area contributed by atoms with Gasteiger partial charge in [-0.05, 0) is 31.0 Å². The van der Waals surface area contributed by atoms with Crippen molar-refractivity contribution in [1.29, 1.82) is 0 Å². The van der Waals surface area contributed by atoms with E-state index in [0.29, 0.717) is 12.8 Å². The van der Waals surface area contributed by atoms with Gasteiger partial charge in [0.15, 0.2) is 0 Å². The number of hydrogen-bond donors (Lipinski definition) is 1. The van der Waals surface area contributed by atoms with Crippen LogP contribution in [-0.4, -0.2) is 28.8 Å². The van der Waals surface area contributed by atoms with Crippen molar-refractivity contribution < 1.29 is 18.4 Å². The fraction of sp³-hybridized carbons (Fsp3) is 0.467. The second kappa shape index (κ2) is 6.20. The standard InChI is InChI=1S/C15H18F2N2O2/c1-3-12-15(21)19(13(4-2)14(20)18-12)8-9-7-10(16)5-6-11(9)17/h5-7,12-13H,3-4,8H2,1-2H3,(H,18,20). The number of carbonyl (C=O) groups excluding carboxylic acids is 2. The monoisotopic (exact) mass is 296 g/mol. The Morgan fingerprint density at radius 2 is 1.90 bits per heavy atom. The Labute approximate surface area is 122 Å². The van der Waals surface area contributed by atoms with Crippen LogP contribution >= 0.6 is 0 Å². The number of amides is 2. The van der Waals surface area contributed by atoms with Crippen molar-refractivity contribution in [2.45, 2.75) is 45.3 Å². The highest BCUT2D eigenvalue weighted by Gasteiger charge is 2.38. The van der Waals surface area contributed by atoms with Crippen LogP contribution in [-0.2, 0) is 16.1 Å². The van der Waals surface area contributed by atoms with Crippen LogP contribution < -0.4 is 5.32 Å². The summed E-state index contributed by atoms with van der Waals surface area (Å²) in [4.78, 5) is 25.7. The van der Waals surface area contributed by atoms with Gasteiger partial charge < -0.3 is 10.2 Å². The number of rotatable bonds is 4. The third kappa shape index (κ3) is 3.04. The molecule has 0 aliphatic carbocycles. The van der Waals surface area contributed by atoms with E-state index in [2.05, 4.69) is 5.32 Å². The fourth-order valence-electron chi connectivity index (χ4n) is 2.54. The Hall–Kier alpha value is -1.98. The number of carbonyl (C=O) groups is 2. The summed E-state index contributed by atoms with van der Waals surface area (Å²) < 4.78 is 27.0. The van der Waals surface area contributed by atoms with E-state index in [-0.39, 0.29) is 23.9 Å². The predicted octanol–water partition coefficient (Wildman–Crippen LogP) is 1.98. The van der Waals surface area contributed by atoms with Crippen molar-refractivity contribution in [1.82, 2.24) is 10.2 Å². The molecule has 1 aliphatic heterocycles. The van der Waals surface area contributed by atoms with Gasteiger partial charge in [-0.15, -0.1) is 0 Å². The highest BCUT2D eigenvalue weighted by Crippen LogP contribution is 2.20. The fourth-order valence-corrected chi connectivity index (χ4v) is 2.54. The predicted molar refractivity (Wildman–Crippen MR) is 73.2 cm³/mol. The molecule has 0 aromatic heterocycles. The second-order valence-corrected chi connectivity index (χ2v) is 5.10. The van der Waals surface area contributed by atoms with Crippen LogP contribution in [0.2, 0.25) is 0 Å². The molecule has 2 unspecified atom stereocenters.